The number of anilines is 1. The van der Waals surface area contributed by atoms with E-state index in [-0.39, 0.29) is 0 Å². The highest BCUT2D eigenvalue weighted by Gasteiger charge is 2.35. The van der Waals surface area contributed by atoms with E-state index in [1.54, 1.807) is 18.7 Å². The van der Waals surface area contributed by atoms with Crippen LogP contribution in [0.4, 0.5) is 5.82 Å². The van der Waals surface area contributed by atoms with Crippen LogP contribution >= 0.6 is 0 Å². The second-order valence-corrected chi connectivity index (χ2v) is 7.51. The number of rotatable bonds is 4. The maximum absolute atomic E-state index is 5.73. The Kier molecular flexibility index (Phi) is 4.33. The van der Waals surface area contributed by atoms with Crippen molar-refractivity contribution in [2.45, 2.75) is 25.4 Å². The van der Waals surface area contributed by atoms with Gasteiger partial charge in [0.1, 0.15) is 12.1 Å². The van der Waals surface area contributed by atoms with E-state index < -0.39 is 0 Å². The minimum absolute atomic E-state index is 0.516. The standard InChI is InChI=1S/C21H23N5O/c1-2-4-17(5-3-1)21-24-18(15-27-21)13-25-11-16-6-7-19(25)14-26(12-16)20-10-22-8-9-23-20/h1-5,8-10,15-16,19H,6-7,11-14H2/t16-,19-/m1/s1. The Morgan fingerprint density at radius 1 is 1.04 bits per heavy atom. The summed E-state index contributed by atoms with van der Waals surface area (Å²) in [5.74, 6) is 2.35. The first-order valence-corrected chi connectivity index (χ1v) is 9.60. The summed E-state index contributed by atoms with van der Waals surface area (Å²) in [4.78, 5) is 18.4. The van der Waals surface area contributed by atoms with Crippen molar-refractivity contribution < 1.29 is 4.42 Å². The van der Waals surface area contributed by atoms with Crippen molar-refractivity contribution in [3.05, 3.63) is 60.9 Å². The smallest absolute Gasteiger partial charge is 0.226 e. The Labute approximate surface area is 158 Å². The lowest BCUT2D eigenvalue weighted by molar-refractivity contribution is 0.125. The largest absolute Gasteiger partial charge is 0.444 e. The number of hydrogen-bond acceptors (Lipinski definition) is 6. The highest BCUT2D eigenvalue weighted by Crippen LogP contribution is 2.31. The highest BCUT2D eigenvalue weighted by molar-refractivity contribution is 5.52. The summed E-state index contributed by atoms with van der Waals surface area (Å²) in [5, 5.41) is 0. The first-order valence-electron chi connectivity index (χ1n) is 9.60. The second kappa shape index (κ2) is 7.12. The van der Waals surface area contributed by atoms with Gasteiger partial charge in [0.2, 0.25) is 5.89 Å². The van der Waals surface area contributed by atoms with Crippen LogP contribution in [0.2, 0.25) is 0 Å². The predicted octanol–water partition coefficient (Wildman–Crippen LogP) is 3.23. The number of benzene rings is 1. The molecule has 1 aromatic carbocycles. The zero-order valence-corrected chi connectivity index (χ0v) is 15.2. The summed E-state index contributed by atoms with van der Waals surface area (Å²) >= 11 is 0. The van der Waals surface area contributed by atoms with Crippen LogP contribution in [0.5, 0.6) is 0 Å². The van der Waals surface area contributed by atoms with Crippen LogP contribution in [-0.4, -0.2) is 45.5 Å². The first kappa shape index (κ1) is 16.4. The Morgan fingerprint density at radius 3 is 2.81 bits per heavy atom. The molecule has 6 nitrogen and oxygen atoms in total. The van der Waals surface area contributed by atoms with Crippen molar-refractivity contribution in [3.63, 3.8) is 0 Å². The van der Waals surface area contributed by atoms with E-state index in [0.29, 0.717) is 17.9 Å². The number of oxazole rings is 1. The van der Waals surface area contributed by atoms with E-state index >= 15 is 0 Å². The molecule has 3 saturated heterocycles. The number of fused-ring (bicyclic) bond motifs is 4. The first-order chi connectivity index (χ1) is 13.3. The monoisotopic (exact) mass is 361 g/mol. The lowest BCUT2D eigenvalue weighted by atomic mass is 9.95. The van der Waals surface area contributed by atoms with Crippen LogP contribution in [0.3, 0.4) is 0 Å². The van der Waals surface area contributed by atoms with Gasteiger partial charge in [0.05, 0.1) is 11.9 Å². The third-order valence-electron chi connectivity index (χ3n) is 5.64. The topological polar surface area (TPSA) is 58.3 Å². The van der Waals surface area contributed by atoms with Gasteiger partial charge >= 0.3 is 0 Å². The quantitative estimate of drug-likeness (QED) is 0.711. The summed E-state index contributed by atoms with van der Waals surface area (Å²) in [6.45, 7) is 4.00. The molecule has 3 aliphatic heterocycles. The molecule has 6 heteroatoms. The van der Waals surface area contributed by atoms with Crippen LogP contribution in [0.1, 0.15) is 18.5 Å². The Morgan fingerprint density at radius 2 is 1.96 bits per heavy atom. The summed E-state index contributed by atoms with van der Waals surface area (Å²) in [5.41, 5.74) is 2.03. The zero-order valence-electron chi connectivity index (χ0n) is 15.2. The molecule has 0 unspecified atom stereocenters. The molecule has 0 spiro atoms. The molecule has 0 N–H and O–H groups in total. The van der Waals surface area contributed by atoms with E-state index in [1.165, 1.54) is 12.8 Å². The van der Waals surface area contributed by atoms with E-state index in [2.05, 4.69) is 19.8 Å². The number of hydrogen-bond donors (Lipinski definition) is 0. The lowest BCUT2D eigenvalue weighted by Crippen LogP contribution is -2.43. The number of nitrogens with zero attached hydrogens (tertiary/aromatic N) is 5. The zero-order chi connectivity index (χ0) is 18.1. The molecule has 2 bridgehead atoms. The van der Waals surface area contributed by atoms with Crippen LogP contribution in [0.25, 0.3) is 11.5 Å². The number of aromatic nitrogens is 3. The van der Waals surface area contributed by atoms with Gasteiger partial charge in [-0.25, -0.2) is 9.97 Å². The maximum atomic E-state index is 5.73. The average Bonchev–Trinajstić information content (AvgIpc) is 3.00. The minimum Gasteiger partial charge on any atom is -0.444 e. The van der Waals surface area contributed by atoms with Gasteiger partial charge in [-0.2, -0.15) is 0 Å². The molecular formula is C21H23N5O. The van der Waals surface area contributed by atoms with Crippen LogP contribution in [0.15, 0.2) is 59.6 Å². The Balaban J connectivity index is 1.31. The molecule has 2 atom stereocenters. The normalized spacial score (nSPS) is 22.7. The summed E-state index contributed by atoms with van der Waals surface area (Å²) in [7, 11) is 0. The lowest BCUT2D eigenvalue weighted by Gasteiger charge is -2.35. The molecule has 3 fully saturated rings. The van der Waals surface area contributed by atoms with Crippen molar-refractivity contribution >= 4 is 5.82 Å². The van der Waals surface area contributed by atoms with Crippen LogP contribution in [0, 0.1) is 5.92 Å². The Hall–Kier alpha value is -2.73. The molecule has 0 radical (unpaired) electrons. The SMILES string of the molecule is c1ccc(-c2nc(CN3C[C@H]4CC[C@@H]3CN(c3cnccn3)C4)co2)cc1. The highest BCUT2D eigenvalue weighted by atomic mass is 16.3. The van der Waals surface area contributed by atoms with Crippen LogP contribution in [-0.2, 0) is 6.54 Å². The summed E-state index contributed by atoms with van der Waals surface area (Å²) in [6, 6.07) is 10.6. The average molecular weight is 361 g/mol. The van der Waals surface area contributed by atoms with E-state index in [9.17, 15) is 0 Å². The summed E-state index contributed by atoms with van der Waals surface area (Å²) in [6.07, 6.45) is 9.70. The molecule has 3 aromatic rings. The molecule has 0 saturated carbocycles. The van der Waals surface area contributed by atoms with Crippen molar-refractivity contribution in [2.75, 3.05) is 24.5 Å². The van der Waals surface area contributed by atoms with Gasteiger partial charge in [-0.1, -0.05) is 18.2 Å². The van der Waals surface area contributed by atoms with Crippen LogP contribution < -0.4 is 4.90 Å². The summed E-state index contributed by atoms with van der Waals surface area (Å²) < 4.78 is 5.73. The van der Waals surface area contributed by atoms with Crippen molar-refractivity contribution in [3.8, 4) is 11.5 Å². The van der Waals surface area contributed by atoms with Crippen molar-refractivity contribution in [1.29, 1.82) is 0 Å². The maximum Gasteiger partial charge on any atom is 0.226 e. The van der Waals surface area contributed by atoms with E-state index in [1.807, 2.05) is 36.5 Å². The van der Waals surface area contributed by atoms with Gasteiger partial charge in [0.25, 0.3) is 0 Å². The molecule has 0 aliphatic carbocycles. The molecule has 27 heavy (non-hydrogen) atoms. The molecule has 5 heterocycles. The Bertz CT molecular complexity index is 882. The molecular weight excluding hydrogens is 338 g/mol. The van der Waals surface area contributed by atoms with Gasteiger partial charge in [-0.3, -0.25) is 9.88 Å². The molecule has 0 amide bonds. The third kappa shape index (κ3) is 3.45. The van der Waals surface area contributed by atoms with E-state index in [4.69, 9.17) is 9.40 Å². The van der Waals surface area contributed by atoms with Gasteiger partial charge < -0.3 is 9.32 Å². The van der Waals surface area contributed by atoms with Gasteiger partial charge in [-0.05, 0) is 30.9 Å². The van der Waals surface area contributed by atoms with Gasteiger partial charge in [-0.15, -0.1) is 0 Å². The predicted molar refractivity (Wildman–Crippen MR) is 103 cm³/mol. The van der Waals surface area contributed by atoms with Crippen molar-refractivity contribution in [2.24, 2.45) is 5.92 Å². The second-order valence-electron chi connectivity index (χ2n) is 7.51. The van der Waals surface area contributed by atoms with Crippen molar-refractivity contribution in [1.82, 2.24) is 19.9 Å². The fourth-order valence-electron chi connectivity index (χ4n) is 4.32. The minimum atomic E-state index is 0.516. The van der Waals surface area contributed by atoms with E-state index in [0.717, 1.165) is 43.3 Å². The molecule has 138 valence electrons. The molecule has 2 aromatic heterocycles. The number of piperidine rings is 1. The fourth-order valence-corrected chi connectivity index (χ4v) is 4.32. The third-order valence-corrected chi connectivity index (χ3v) is 5.64. The molecule has 3 aliphatic rings. The van der Waals surface area contributed by atoms with Gasteiger partial charge in [0, 0.05) is 50.2 Å². The molecule has 6 rings (SSSR count). The van der Waals surface area contributed by atoms with Gasteiger partial charge in [0.15, 0.2) is 0 Å². The fraction of sp³-hybridized carbons (Fsp3) is 0.381.